The first-order valence-corrected chi connectivity index (χ1v) is 10.9. The van der Waals surface area contributed by atoms with Gasteiger partial charge in [0.1, 0.15) is 22.4 Å². The molecular formula is C25H21N3O3S. The van der Waals surface area contributed by atoms with Crippen LogP contribution >= 0.6 is 11.8 Å². The van der Waals surface area contributed by atoms with Gasteiger partial charge >= 0.3 is 0 Å². The minimum Gasteiger partial charge on any atom is -0.497 e. The van der Waals surface area contributed by atoms with Crippen molar-refractivity contribution < 1.29 is 14.3 Å². The summed E-state index contributed by atoms with van der Waals surface area (Å²) in [5.74, 6) is 0.0652. The molecule has 0 spiro atoms. The molecule has 6 nitrogen and oxygen atoms in total. The van der Waals surface area contributed by atoms with E-state index in [2.05, 4.69) is 5.32 Å². The van der Waals surface area contributed by atoms with Crippen LogP contribution in [0.3, 0.4) is 0 Å². The topological polar surface area (TPSA) is 82.4 Å². The minimum atomic E-state index is -0.516. The Hall–Kier alpha value is -3.76. The van der Waals surface area contributed by atoms with Crippen LogP contribution in [0.25, 0.3) is 10.8 Å². The van der Waals surface area contributed by atoms with Crippen LogP contribution in [0.4, 0.5) is 5.69 Å². The molecule has 32 heavy (non-hydrogen) atoms. The van der Waals surface area contributed by atoms with Gasteiger partial charge in [0, 0.05) is 12.4 Å². The van der Waals surface area contributed by atoms with Crippen molar-refractivity contribution >= 4 is 40.0 Å². The van der Waals surface area contributed by atoms with Gasteiger partial charge in [-0.05, 0) is 35.6 Å². The first-order valence-electron chi connectivity index (χ1n) is 10.0. The monoisotopic (exact) mass is 443 g/mol. The summed E-state index contributed by atoms with van der Waals surface area (Å²) >= 11 is 1.25. The number of rotatable bonds is 5. The van der Waals surface area contributed by atoms with Crippen molar-refractivity contribution in [2.24, 2.45) is 0 Å². The highest BCUT2D eigenvalue weighted by atomic mass is 32.2. The van der Waals surface area contributed by atoms with Gasteiger partial charge in [-0.15, -0.1) is 0 Å². The predicted molar refractivity (Wildman–Crippen MR) is 126 cm³/mol. The number of nitriles is 1. The number of benzene rings is 3. The molecule has 0 radical (unpaired) electrons. The van der Waals surface area contributed by atoms with Crippen LogP contribution in [0.5, 0.6) is 5.75 Å². The van der Waals surface area contributed by atoms with Crippen LogP contribution in [0, 0.1) is 11.3 Å². The number of thioether (sulfide) groups is 1. The van der Waals surface area contributed by atoms with E-state index in [1.807, 2.05) is 72.8 Å². The predicted octanol–water partition coefficient (Wildman–Crippen LogP) is 4.02. The summed E-state index contributed by atoms with van der Waals surface area (Å²) in [7, 11) is 3.07. The van der Waals surface area contributed by atoms with Gasteiger partial charge < -0.3 is 10.1 Å². The average molecular weight is 444 g/mol. The number of hydrogen-bond donors (Lipinski definition) is 1. The third-order valence-electron chi connectivity index (χ3n) is 5.32. The molecule has 1 atom stereocenters. The highest BCUT2D eigenvalue weighted by Crippen LogP contribution is 2.44. The molecule has 7 heteroatoms. The Bertz CT molecular complexity index is 1260. The molecule has 1 aliphatic heterocycles. The fourth-order valence-electron chi connectivity index (χ4n) is 3.71. The zero-order valence-corrected chi connectivity index (χ0v) is 18.5. The number of hydrogen-bond acceptors (Lipinski definition) is 5. The Balaban J connectivity index is 1.81. The van der Waals surface area contributed by atoms with Crippen LogP contribution in [-0.2, 0) is 16.0 Å². The van der Waals surface area contributed by atoms with E-state index < -0.39 is 11.2 Å². The quantitative estimate of drug-likeness (QED) is 0.476. The number of fused-ring (bicyclic) bond motifs is 1. The van der Waals surface area contributed by atoms with E-state index in [1.165, 1.54) is 23.7 Å². The van der Waals surface area contributed by atoms with Crippen molar-refractivity contribution in [1.29, 1.82) is 5.26 Å². The second kappa shape index (κ2) is 9.16. The van der Waals surface area contributed by atoms with Crippen molar-refractivity contribution in [3.63, 3.8) is 0 Å². The van der Waals surface area contributed by atoms with Crippen molar-refractivity contribution in [3.05, 3.63) is 82.9 Å². The second-order valence-corrected chi connectivity index (χ2v) is 8.39. The van der Waals surface area contributed by atoms with Crippen molar-refractivity contribution in [2.75, 3.05) is 19.1 Å². The summed E-state index contributed by atoms with van der Waals surface area (Å²) in [6.45, 7) is 0. The van der Waals surface area contributed by atoms with Crippen LogP contribution in [0.1, 0.15) is 5.56 Å². The van der Waals surface area contributed by atoms with Gasteiger partial charge in [-0.1, -0.05) is 60.3 Å². The molecule has 0 aliphatic carbocycles. The number of nitrogens with one attached hydrogen (secondary N) is 1. The molecule has 4 rings (SSSR count). The van der Waals surface area contributed by atoms with Gasteiger partial charge in [0.15, 0.2) is 0 Å². The Morgan fingerprint density at radius 1 is 1.12 bits per heavy atom. The molecule has 1 N–H and O–H groups in total. The maximum Gasteiger partial charge on any atom is 0.264 e. The smallest absolute Gasteiger partial charge is 0.264 e. The van der Waals surface area contributed by atoms with Crippen molar-refractivity contribution in [1.82, 2.24) is 5.32 Å². The molecule has 0 bridgehead atoms. The first kappa shape index (κ1) is 21.5. The first-order chi connectivity index (χ1) is 15.6. The number of anilines is 1. The standard InChI is InChI=1S/C25H21N3O3S/c1-27-23(29)20(15-26)25-28(21-9-5-7-17-6-3-4-8-19(17)21)24(30)22(32-25)14-16-10-12-18(31-2)13-11-16/h3-13,22H,14H2,1-2H3,(H,27,29)/b25-20+/t22-/m0/s1. The molecule has 2 amide bonds. The summed E-state index contributed by atoms with van der Waals surface area (Å²) in [4.78, 5) is 27.6. The van der Waals surface area contributed by atoms with Crippen LogP contribution < -0.4 is 15.0 Å². The lowest BCUT2D eigenvalue weighted by atomic mass is 10.1. The molecule has 0 unspecified atom stereocenters. The average Bonchev–Trinajstić information content (AvgIpc) is 3.14. The van der Waals surface area contributed by atoms with Crippen molar-refractivity contribution in [2.45, 2.75) is 11.7 Å². The molecular weight excluding hydrogens is 422 g/mol. The fourth-order valence-corrected chi connectivity index (χ4v) is 5.01. The zero-order valence-electron chi connectivity index (χ0n) is 17.7. The van der Waals surface area contributed by atoms with Gasteiger partial charge in [-0.3, -0.25) is 14.5 Å². The van der Waals surface area contributed by atoms with E-state index in [0.29, 0.717) is 17.1 Å². The SMILES string of the molecule is CNC(=O)/C(C#N)=C1/S[C@@H](Cc2ccc(OC)cc2)C(=O)N1c1cccc2ccccc12. The molecule has 1 aliphatic rings. The number of likely N-dealkylation sites (N-methyl/N-ethyl adjacent to an activating group) is 1. The normalized spacial score (nSPS) is 17.2. The van der Waals surface area contributed by atoms with E-state index in [1.54, 1.807) is 7.11 Å². The molecule has 0 aromatic heterocycles. The summed E-state index contributed by atoms with van der Waals surface area (Å²) < 4.78 is 5.21. The highest BCUT2D eigenvalue weighted by molar-refractivity contribution is 8.05. The lowest BCUT2D eigenvalue weighted by Crippen LogP contribution is -2.31. The summed E-state index contributed by atoms with van der Waals surface area (Å²) in [6.07, 6.45) is 0.463. The molecule has 1 saturated heterocycles. The van der Waals surface area contributed by atoms with Gasteiger partial charge in [0.25, 0.3) is 5.91 Å². The maximum atomic E-state index is 13.6. The highest BCUT2D eigenvalue weighted by Gasteiger charge is 2.41. The van der Waals surface area contributed by atoms with Gasteiger partial charge in [-0.25, -0.2) is 0 Å². The number of carbonyl (C=O) groups is 2. The van der Waals surface area contributed by atoms with E-state index in [9.17, 15) is 14.9 Å². The second-order valence-electron chi connectivity index (χ2n) is 7.20. The van der Waals surface area contributed by atoms with Gasteiger partial charge in [-0.2, -0.15) is 5.26 Å². The van der Waals surface area contributed by atoms with Gasteiger partial charge in [0.2, 0.25) is 5.91 Å². The molecule has 3 aromatic carbocycles. The maximum absolute atomic E-state index is 13.6. The lowest BCUT2D eigenvalue weighted by Gasteiger charge is -2.20. The lowest BCUT2D eigenvalue weighted by molar-refractivity contribution is -0.117. The van der Waals surface area contributed by atoms with Crippen LogP contribution in [-0.4, -0.2) is 31.2 Å². The number of carbonyl (C=O) groups excluding carboxylic acids is 2. The molecule has 1 fully saturated rings. The largest absolute Gasteiger partial charge is 0.497 e. The third-order valence-corrected chi connectivity index (χ3v) is 6.58. The van der Waals surface area contributed by atoms with Gasteiger partial charge in [0.05, 0.1) is 18.0 Å². The summed E-state index contributed by atoms with van der Waals surface area (Å²) in [6, 6.07) is 23.0. The number of ether oxygens (including phenoxy) is 1. The number of amides is 2. The summed E-state index contributed by atoms with van der Waals surface area (Å²) in [5.41, 5.74) is 1.55. The Labute approximate surface area is 190 Å². The number of nitrogens with zero attached hydrogens (tertiary/aromatic N) is 2. The minimum absolute atomic E-state index is 0.0731. The summed E-state index contributed by atoms with van der Waals surface area (Å²) in [5, 5.41) is 14.0. The third kappa shape index (κ3) is 3.93. The van der Waals surface area contributed by atoms with E-state index in [0.717, 1.165) is 22.1 Å². The molecule has 1 heterocycles. The van der Waals surface area contributed by atoms with E-state index in [-0.39, 0.29) is 11.5 Å². The van der Waals surface area contributed by atoms with E-state index in [4.69, 9.17) is 4.74 Å². The Morgan fingerprint density at radius 2 is 1.84 bits per heavy atom. The fraction of sp³-hybridized carbons (Fsp3) is 0.160. The zero-order chi connectivity index (χ0) is 22.7. The molecule has 3 aromatic rings. The number of methoxy groups -OCH3 is 1. The van der Waals surface area contributed by atoms with E-state index >= 15 is 0 Å². The Kier molecular flexibility index (Phi) is 6.15. The molecule has 160 valence electrons. The van der Waals surface area contributed by atoms with Crippen molar-refractivity contribution in [3.8, 4) is 11.8 Å². The molecule has 0 saturated carbocycles. The van der Waals surface area contributed by atoms with Crippen LogP contribution in [0.2, 0.25) is 0 Å². The Morgan fingerprint density at radius 3 is 2.53 bits per heavy atom. The van der Waals surface area contributed by atoms with Crippen LogP contribution in [0.15, 0.2) is 77.3 Å².